The van der Waals surface area contributed by atoms with Crippen LogP contribution in [0.3, 0.4) is 0 Å². The van der Waals surface area contributed by atoms with E-state index in [2.05, 4.69) is 4.98 Å². The van der Waals surface area contributed by atoms with Crippen LogP contribution in [0, 0.1) is 0 Å². The van der Waals surface area contributed by atoms with E-state index in [9.17, 15) is 0 Å². The van der Waals surface area contributed by atoms with Gasteiger partial charge in [0.05, 0.1) is 0 Å². The molecule has 1 aromatic heterocycles. The van der Waals surface area contributed by atoms with Gasteiger partial charge in [-0.15, -0.1) is 0 Å². The Balaban J connectivity index is 2.10. The maximum absolute atomic E-state index is 6.29. The van der Waals surface area contributed by atoms with Gasteiger partial charge in [-0.1, -0.05) is 53.0 Å². The van der Waals surface area contributed by atoms with Crippen LogP contribution in [-0.2, 0) is 6.42 Å². The summed E-state index contributed by atoms with van der Waals surface area (Å²) in [6, 6.07) is 14.9. The highest BCUT2D eigenvalue weighted by molar-refractivity contribution is 6.36. The van der Waals surface area contributed by atoms with Crippen LogP contribution in [0.2, 0.25) is 15.1 Å². The van der Waals surface area contributed by atoms with Gasteiger partial charge in [0.1, 0.15) is 5.82 Å². The van der Waals surface area contributed by atoms with E-state index in [1.54, 1.807) is 6.20 Å². The molecule has 2 aromatic carbocycles. The first-order valence-electron chi connectivity index (χ1n) is 6.98. The van der Waals surface area contributed by atoms with E-state index < -0.39 is 0 Å². The SMILES string of the molecule is Nc1nccc(Cc2c(Cl)cccc2Cl)c1-c1ccc(Cl)cc1. The number of hydrogen-bond donors (Lipinski definition) is 1. The van der Waals surface area contributed by atoms with Crippen molar-refractivity contribution in [2.75, 3.05) is 5.73 Å². The maximum atomic E-state index is 6.29. The lowest BCUT2D eigenvalue weighted by Crippen LogP contribution is -2.00. The highest BCUT2D eigenvalue weighted by atomic mass is 35.5. The number of nitrogens with two attached hydrogens (primary N) is 1. The number of rotatable bonds is 3. The maximum Gasteiger partial charge on any atom is 0.131 e. The van der Waals surface area contributed by atoms with Gasteiger partial charge in [-0.05, 0) is 47.0 Å². The Labute approximate surface area is 149 Å². The van der Waals surface area contributed by atoms with Gasteiger partial charge in [-0.3, -0.25) is 0 Å². The molecule has 0 bridgehead atoms. The summed E-state index contributed by atoms with van der Waals surface area (Å²) in [5.41, 5.74) is 9.82. The predicted molar refractivity (Wildman–Crippen MR) is 98.4 cm³/mol. The zero-order valence-corrected chi connectivity index (χ0v) is 14.3. The molecule has 0 saturated heterocycles. The van der Waals surface area contributed by atoms with Gasteiger partial charge in [0, 0.05) is 33.2 Å². The summed E-state index contributed by atoms with van der Waals surface area (Å²) in [4.78, 5) is 4.20. The van der Waals surface area contributed by atoms with Crippen molar-refractivity contribution < 1.29 is 0 Å². The van der Waals surface area contributed by atoms with Crippen LogP contribution in [0.15, 0.2) is 54.7 Å². The first kappa shape index (κ1) is 16.1. The molecule has 0 aliphatic heterocycles. The number of hydrogen-bond acceptors (Lipinski definition) is 2. The first-order valence-corrected chi connectivity index (χ1v) is 8.12. The quantitative estimate of drug-likeness (QED) is 0.631. The summed E-state index contributed by atoms with van der Waals surface area (Å²) in [5.74, 6) is 0.466. The first-order chi connectivity index (χ1) is 11.1. The summed E-state index contributed by atoms with van der Waals surface area (Å²) < 4.78 is 0. The molecule has 0 atom stereocenters. The van der Waals surface area contributed by atoms with Gasteiger partial charge < -0.3 is 5.73 Å². The van der Waals surface area contributed by atoms with Crippen LogP contribution in [0.25, 0.3) is 11.1 Å². The Hall–Kier alpha value is -1.74. The molecule has 0 fully saturated rings. The van der Waals surface area contributed by atoms with Crippen LogP contribution < -0.4 is 5.73 Å². The number of anilines is 1. The molecule has 0 saturated carbocycles. The minimum absolute atomic E-state index is 0.466. The molecule has 0 aliphatic rings. The third kappa shape index (κ3) is 3.45. The molecule has 2 N–H and O–H groups in total. The minimum atomic E-state index is 0.466. The molecule has 116 valence electrons. The normalized spacial score (nSPS) is 10.7. The zero-order valence-electron chi connectivity index (χ0n) is 12.1. The van der Waals surface area contributed by atoms with Gasteiger partial charge >= 0.3 is 0 Å². The fraction of sp³-hybridized carbons (Fsp3) is 0.0556. The van der Waals surface area contributed by atoms with Crippen molar-refractivity contribution in [1.82, 2.24) is 4.98 Å². The predicted octanol–water partition coefficient (Wildman–Crippen LogP) is 5.88. The fourth-order valence-corrected chi connectivity index (χ4v) is 3.17. The Kier molecular flexibility index (Phi) is 4.76. The van der Waals surface area contributed by atoms with E-state index >= 15 is 0 Å². The second kappa shape index (κ2) is 6.79. The zero-order chi connectivity index (χ0) is 16.4. The van der Waals surface area contributed by atoms with Gasteiger partial charge in [0.25, 0.3) is 0 Å². The van der Waals surface area contributed by atoms with Crippen molar-refractivity contribution in [2.45, 2.75) is 6.42 Å². The lowest BCUT2D eigenvalue weighted by atomic mass is 9.96. The topological polar surface area (TPSA) is 38.9 Å². The van der Waals surface area contributed by atoms with Gasteiger partial charge in [-0.2, -0.15) is 0 Å². The summed E-state index contributed by atoms with van der Waals surface area (Å²) in [6.07, 6.45) is 2.26. The Morgan fingerprint density at radius 1 is 0.870 bits per heavy atom. The third-order valence-electron chi connectivity index (χ3n) is 3.63. The molecule has 0 radical (unpaired) electrons. The molecule has 3 rings (SSSR count). The molecule has 23 heavy (non-hydrogen) atoms. The average Bonchev–Trinajstić information content (AvgIpc) is 2.52. The summed E-state index contributed by atoms with van der Waals surface area (Å²) in [7, 11) is 0. The van der Waals surface area contributed by atoms with E-state index in [1.165, 1.54) is 0 Å². The minimum Gasteiger partial charge on any atom is -0.383 e. The van der Waals surface area contributed by atoms with Crippen molar-refractivity contribution >= 4 is 40.6 Å². The van der Waals surface area contributed by atoms with E-state index in [-0.39, 0.29) is 0 Å². The van der Waals surface area contributed by atoms with Gasteiger partial charge in [0.2, 0.25) is 0 Å². The molecule has 1 heterocycles. The van der Waals surface area contributed by atoms with Crippen molar-refractivity contribution in [3.05, 3.63) is 80.9 Å². The number of nitrogens with zero attached hydrogens (tertiary/aromatic N) is 1. The molecular weight excluding hydrogens is 351 g/mol. The van der Waals surface area contributed by atoms with E-state index in [0.29, 0.717) is 27.3 Å². The van der Waals surface area contributed by atoms with Gasteiger partial charge in [0.15, 0.2) is 0 Å². The molecule has 3 aromatic rings. The van der Waals surface area contributed by atoms with E-state index in [4.69, 9.17) is 40.5 Å². The average molecular weight is 364 g/mol. The molecular formula is C18H13Cl3N2. The number of nitrogen functional groups attached to an aromatic ring is 1. The molecule has 0 spiro atoms. The molecule has 0 unspecified atom stereocenters. The van der Waals surface area contributed by atoms with Crippen LogP contribution in [0.5, 0.6) is 0 Å². The van der Waals surface area contributed by atoms with E-state index in [1.807, 2.05) is 48.5 Å². The summed E-state index contributed by atoms with van der Waals surface area (Å²) >= 11 is 18.5. The largest absolute Gasteiger partial charge is 0.383 e. The molecule has 5 heteroatoms. The van der Waals surface area contributed by atoms with Crippen molar-refractivity contribution in [1.29, 1.82) is 0 Å². The van der Waals surface area contributed by atoms with Crippen LogP contribution in [0.1, 0.15) is 11.1 Å². The number of pyridine rings is 1. The number of aromatic nitrogens is 1. The monoisotopic (exact) mass is 362 g/mol. The van der Waals surface area contributed by atoms with Crippen LogP contribution in [-0.4, -0.2) is 4.98 Å². The highest BCUT2D eigenvalue weighted by Crippen LogP contribution is 2.34. The van der Waals surface area contributed by atoms with Crippen LogP contribution in [0.4, 0.5) is 5.82 Å². The third-order valence-corrected chi connectivity index (χ3v) is 4.59. The summed E-state index contributed by atoms with van der Waals surface area (Å²) in [5, 5.41) is 1.94. The smallest absolute Gasteiger partial charge is 0.131 e. The highest BCUT2D eigenvalue weighted by Gasteiger charge is 2.14. The molecule has 2 nitrogen and oxygen atoms in total. The fourth-order valence-electron chi connectivity index (χ4n) is 2.51. The van der Waals surface area contributed by atoms with Gasteiger partial charge in [-0.25, -0.2) is 4.98 Å². The Bertz CT molecular complexity index is 825. The lowest BCUT2D eigenvalue weighted by molar-refractivity contribution is 1.17. The second-order valence-electron chi connectivity index (χ2n) is 5.11. The van der Waals surface area contributed by atoms with Crippen molar-refractivity contribution in [2.24, 2.45) is 0 Å². The molecule has 0 aliphatic carbocycles. The Morgan fingerprint density at radius 3 is 2.17 bits per heavy atom. The van der Waals surface area contributed by atoms with Crippen LogP contribution >= 0.6 is 34.8 Å². The van der Waals surface area contributed by atoms with E-state index in [0.717, 1.165) is 22.3 Å². The Morgan fingerprint density at radius 2 is 1.52 bits per heavy atom. The number of halogens is 3. The number of benzene rings is 2. The summed E-state index contributed by atoms with van der Waals surface area (Å²) in [6.45, 7) is 0. The standard InChI is InChI=1S/C18H13Cl3N2/c19-13-6-4-11(5-7-13)17-12(8-9-23-18(17)22)10-14-15(20)2-1-3-16(14)21/h1-9H,10H2,(H2,22,23). The van der Waals surface area contributed by atoms with Crippen molar-refractivity contribution in [3.63, 3.8) is 0 Å². The molecule has 0 amide bonds. The van der Waals surface area contributed by atoms with Crippen molar-refractivity contribution in [3.8, 4) is 11.1 Å². The lowest BCUT2D eigenvalue weighted by Gasteiger charge is -2.14. The second-order valence-corrected chi connectivity index (χ2v) is 6.37.